The van der Waals surface area contributed by atoms with Gasteiger partial charge in [-0.25, -0.2) is 4.31 Å². The van der Waals surface area contributed by atoms with Crippen LogP contribution in [0.25, 0.3) is 0 Å². The van der Waals surface area contributed by atoms with E-state index in [1.54, 1.807) is 0 Å². The van der Waals surface area contributed by atoms with Crippen molar-refractivity contribution in [3.05, 3.63) is 0 Å². The lowest BCUT2D eigenvalue weighted by atomic mass is 10.1. The summed E-state index contributed by atoms with van der Waals surface area (Å²) in [6, 6.07) is 0.491. The average Bonchev–Trinajstić information content (AvgIpc) is 1.98. The first kappa shape index (κ1) is 12.0. The Morgan fingerprint density at radius 2 is 2.00 bits per heavy atom. The number of rotatable bonds is 6. The number of hydrogen-bond acceptors (Lipinski definition) is 3. The molecule has 0 aromatic carbocycles. The lowest BCUT2D eigenvalue weighted by Crippen LogP contribution is -2.27. The SMILES string of the molecule is CCN(SC=O)C(C)CC(C)C. The van der Waals surface area contributed by atoms with Crippen LogP contribution in [0, 0.1) is 5.92 Å². The lowest BCUT2D eigenvalue weighted by Gasteiger charge is -2.25. The van der Waals surface area contributed by atoms with E-state index >= 15 is 0 Å². The number of carbonyl (C=O) groups excluding carboxylic acids is 1. The van der Waals surface area contributed by atoms with Crippen LogP contribution in [0.3, 0.4) is 0 Å². The van der Waals surface area contributed by atoms with E-state index in [2.05, 4.69) is 32.0 Å². The van der Waals surface area contributed by atoms with Crippen LogP contribution in [0.5, 0.6) is 0 Å². The van der Waals surface area contributed by atoms with Crippen LogP contribution in [0.4, 0.5) is 0 Å². The van der Waals surface area contributed by atoms with Gasteiger partial charge >= 0.3 is 0 Å². The minimum atomic E-state index is 0.491. The summed E-state index contributed by atoms with van der Waals surface area (Å²) in [6.45, 7) is 9.58. The van der Waals surface area contributed by atoms with E-state index in [-0.39, 0.29) is 0 Å². The monoisotopic (exact) mass is 189 g/mol. The van der Waals surface area contributed by atoms with Crippen LogP contribution in [0.15, 0.2) is 0 Å². The van der Waals surface area contributed by atoms with Gasteiger partial charge in [0.05, 0.1) is 0 Å². The van der Waals surface area contributed by atoms with E-state index in [0.717, 1.165) is 18.6 Å². The van der Waals surface area contributed by atoms with Crippen molar-refractivity contribution in [1.29, 1.82) is 0 Å². The van der Waals surface area contributed by atoms with Gasteiger partial charge in [0, 0.05) is 12.6 Å². The van der Waals surface area contributed by atoms with Crippen LogP contribution in [-0.2, 0) is 4.79 Å². The highest BCUT2D eigenvalue weighted by molar-refractivity contribution is 8.09. The van der Waals surface area contributed by atoms with Gasteiger partial charge in [0.2, 0.25) is 0 Å². The topological polar surface area (TPSA) is 20.3 Å². The molecule has 0 N–H and O–H groups in total. The molecule has 1 atom stereocenters. The zero-order valence-corrected chi connectivity index (χ0v) is 9.23. The van der Waals surface area contributed by atoms with Crippen LogP contribution >= 0.6 is 11.9 Å². The van der Waals surface area contributed by atoms with Gasteiger partial charge in [-0.2, -0.15) is 0 Å². The Kier molecular flexibility index (Phi) is 6.48. The molecule has 0 amide bonds. The zero-order chi connectivity index (χ0) is 9.56. The Balaban J connectivity index is 3.83. The maximum atomic E-state index is 10.3. The van der Waals surface area contributed by atoms with Crippen molar-refractivity contribution in [3.8, 4) is 0 Å². The van der Waals surface area contributed by atoms with Gasteiger partial charge in [-0.1, -0.05) is 20.8 Å². The predicted octanol–water partition coefficient (Wildman–Crippen LogP) is 2.58. The van der Waals surface area contributed by atoms with Gasteiger partial charge in [-0.15, -0.1) is 0 Å². The molecule has 0 aromatic rings. The smallest absolute Gasteiger partial charge is 0.191 e. The van der Waals surface area contributed by atoms with Crippen molar-refractivity contribution in [2.75, 3.05) is 6.54 Å². The third kappa shape index (κ3) is 4.78. The van der Waals surface area contributed by atoms with E-state index < -0.39 is 0 Å². The van der Waals surface area contributed by atoms with Crippen LogP contribution in [0.1, 0.15) is 34.1 Å². The number of nitrogens with zero attached hydrogens (tertiary/aromatic N) is 1. The van der Waals surface area contributed by atoms with E-state index in [1.165, 1.54) is 11.9 Å². The van der Waals surface area contributed by atoms with Gasteiger partial charge in [-0.05, 0) is 31.2 Å². The van der Waals surface area contributed by atoms with E-state index in [1.807, 2.05) is 0 Å². The highest BCUT2D eigenvalue weighted by Crippen LogP contribution is 2.17. The summed E-state index contributed by atoms with van der Waals surface area (Å²) in [5.74, 6) is 0.696. The maximum Gasteiger partial charge on any atom is 0.191 e. The molecule has 0 bridgehead atoms. The molecule has 0 spiro atoms. The highest BCUT2D eigenvalue weighted by atomic mass is 32.2. The fourth-order valence-electron chi connectivity index (χ4n) is 1.35. The Labute approximate surface area is 79.8 Å². The first-order chi connectivity index (χ1) is 5.61. The second-order valence-electron chi connectivity index (χ2n) is 3.41. The van der Waals surface area contributed by atoms with E-state index in [9.17, 15) is 4.79 Å². The Hall–Kier alpha value is -0.0200. The van der Waals surface area contributed by atoms with Gasteiger partial charge in [0.25, 0.3) is 0 Å². The molecule has 0 fully saturated rings. The highest BCUT2D eigenvalue weighted by Gasteiger charge is 2.13. The molecule has 0 radical (unpaired) electrons. The summed E-state index contributed by atoms with van der Waals surface area (Å²) >= 11 is 1.28. The molecule has 0 aliphatic rings. The average molecular weight is 189 g/mol. The Morgan fingerprint density at radius 3 is 2.33 bits per heavy atom. The number of carbonyl (C=O) groups is 1. The molecule has 2 nitrogen and oxygen atoms in total. The van der Waals surface area contributed by atoms with Crippen LogP contribution in [-0.4, -0.2) is 22.5 Å². The molecule has 0 aliphatic carbocycles. The molecule has 0 saturated heterocycles. The molecule has 3 heteroatoms. The molecule has 72 valence electrons. The second-order valence-corrected chi connectivity index (χ2v) is 4.29. The Morgan fingerprint density at radius 1 is 1.42 bits per heavy atom. The summed E-state index contributed by atoms with van der Waals surface area (Å²) in [6.07, 6.45) is 1.15. The van der Waals surface area contributed by atoms with Crippen molar-refractivity contribution >= 4 is 17.6 Å². The van der Waals surface area contributed by atoms with Crippen molar-refractivity contribution in [3.63, 3.8) is 0 Å². The summed E-state index contributed by atoms with van der Waals surface area (Å²) in [7, 11) is 0. The maximum absolute atomic E-state index is 10.3. The molecule has 0 aromatic heterocycles. The summed E-state index contributed by atoms with van der Waals surface area (Å²) in [4.78, 5) is 10.3. The lowest BCUT2D eigenvalue weighted by molar-refractivity contribution is 0.336. The van der Waals surface area contributed by atoms with Gasteiger partial charge in [-0.3, -0.25) is 4.79 Å². The second kappa shape index (κ2) is 6.49. The molecule has 1 unspecified atom stereocenters. The number of hydrogen-bond donors (Lipinski definition) is 0. The molecular weight excluding hydrogens is 170 g/mol. The van der Waals surface area contributed by atoms with E-state index in [4.69, 9.17) is 0 Å². The van der Waals surface area contributed by atoms with E-state index in [0.29, 0.717) is 12.0 Å². The molecule has 0 saturated carbocycles. The van der Waals surface area contributed by atoms with Crippen molar-refractivity contribution in [2.24, 2.45) is 5.92 Å². The summed E-state index contributed by atoms with van der Waals surface area (Å²) in [5.41, 5.74) is 0.903. The molecule has 0 aliphatic heterocycles. The first-order valence-electron chi connectivity index (χ1n) is 4.48. The third-order valence-electron chi connectivity index (χ3n) is 1.79. The summed E-state index contributed by atoms with van der Waals surface area (Å²) < 4.78 is 2.12. The quantitative estimate of drug-likeness (QED) is 0.473. The fourth-order valence-corrected chi connectivity index (χ4v) is 1.90. The van der Waals surface area contributed by atoms with Gasteiger partial charge in [0.15, 0.2) is 5.62 Å². The van der Waals surface area contributed by atoms with Gasteiger partial charge in [0.1, 0.15) is 0 Å². The third-order valence-corrected chi connectivity index (χ3v) is 2.77. The standard InChI is InChI=1S/C9H19NOS/c1-5-10(12-7-11)9(4)6-8(2)3/h7-9H,5-6H2,1-4H3. The minimum Gasteiger partial charge on any atom is -0.290 e. The molecular formula is C9H19NOS. The molecule has 12 heavy (non-hydrogen) atoms. The largest absolute Gasteiger partial charge is 0.290 e. The minimum absolute atomic E-state index is 0.491. The molecule has 0 rings (SSSR count). The molecule has 0 heterocycles. The first-order valence-corrected chi connectivity index (χ1v) is 5.32. The van der Waals surface area contributed by atoms with Crippen molar-refractivity contribution in [1.82, 2.24) is 4.31 Å². The van der Waals surface area contributed by atoms with Gasteiger partial charge < -0.3 is 0 Å². The predicted molar refractivity (Wildman–Crippen MR) is 55.6 cm³/mol. The van der Waals surface area contributed by atoms with Crippen LogP contribution in [0.2, 0.25) is 0 Å². The summed E-state index contributed by atoms with van der Waals surface area (Å²) in [5, 5.41) is 0. The normalized spacial score (nSPS) is 13.8. The Bertz CT molecular complexity index is 128. The van der Waals surface area contributed by atoms with Crippen LogP contribution < -0.4 is 0 Å². The fraction of sp³-hybridized carbons (Fsp3) is 0.889. The van der Waals surface area contributed by atoms with Crippen molar-refractivity contribution in [2.45, 2.75) is 40.2 Å². The van der Waals surface area contributed by atoms with Crippen molar-refractivity contribution < 1.29 is 4.79 Å². The zero-order valence-electron chi connectivity index (χ0n) is 8.41.